The summed E-state index contributed by atoms with van der Waals surface area (Å²) in [6.07, 6.45) is 1.37. The van der Waals surface area contributed by atoms with Crippen molar-refractivity contribution in [2.24, 2.45) is 0 Å². The number of nitrogens with zero attached hydrogens (tertiary/aromatic N) is 2. The van der Waals surface area contributed by atoms with E-state index >= 15 is 0 Å². The van der Waals surface area contributed by atoms with Crippen LogP contribution in [-0.2, 0) is 22.6 Å². The molecule has 0 spiro atoms. The molecule has 1 unspecified atom stereocenters. The molecule has 0 fully saturated rings. The van der Waals surface area contributed by atoms with Crippen LogP contribution in [-0.4, -0.2) is 55.5 Å². The predicted molar refractivity (Wildman–Crippen MR) is 150 cm³/mol. The van der Waals surface area contributed by atoms with Gasteiger partial charge in [0.1, 0.15) is 5.38 Å². The second kappa shape index (κ2) is 14.1. The Labute approximate surface area is 228 Å². The van der Waals surface area contributed by atoms with Crippen LogP contribution in [0.15, 0.2) is 60.0 Å². The Bertz CT molecular complexity index is 1170. The van der Waals surface area contributed by atoms with E-state index in [0.717, 1.165) is 28.0 Å². The average Bonchev–Trinajstić information content (AvgIpc) is 3.33. The lowest BCUT2D eigenvalue weighted by Crippen LogP contribution is -2.44. The number of benzene rings is 2. The second-order valence-electron chi connectivity index (χ2n) is 8.81. The third-order valence-corrected chi connectivity index (χ3v) is 7.66. The molecule has 0 aliphatic heterocycles. The molecule has 198 valence electrons. The van der Waals surface area contributed by atoms with Crippen LogP contribution in [0.1, 0.15) is 40.3 Å². The van der Waals surface area contributed by atoms with E-state index in [-0.39, 0.29) is 18.4 Å². The van der Waals surface area contributed by atoms with Gasteiger partial charge in [-0.1, -0.05) is 43.3 Å². The predicted octanol–water partition coefficient (Wildman–Crippen LogP) is 5.86. The standard InChI is InChI=1S/C29H35ClN2O4S/c1-5-15-32(29(34)28(30)23-9-7-6-8-10-23)20-27(33)31(19-26-21(2)14-17-37-26)16-13-22-11-12-24(35-3)25(18-22)36-4/h6-12,14,17-18,28H,5,13,15-16,19-20H2,1-4H3. The molecule has 3 rings (SSSR count). The fraction of sp³-hybridized carbons (Fsp3) is 0.379. The summed E-state index contributed by atoms with van der Waals surface area (Å²) in [5, 5.41) is 1.20. The zero-order valence-corrected chi connectivity index (χ0v) is 23.5. The monoisotopic (exact) mass is 542 g/mol. The van der Waals surface area contributed by atoms with Crippen molar-refractivity contribution in [3.63, 3.8) is 0 Å². The fourth-order valence-electron chi connectivity index (χ4n) is 4.06. The van der Waals surface area contributed by atoms with Crippen LogP contribution in [0, 0.1) is 6.92 Å². The topological polar surface area (TPSA) is 59.1 Å². The number of amides is 2. The first-order chi connectivity index (χ1) is 17.9. The summed E-state index contributed by atoms with van der Waals surface area (Å²) in [5.41, 5.74) is 2.91. The second-order valence-corrected chi connectivity index (χ2v) is 10.3. The van der Waals surface area contributed by atoms with Crippen LogP contribution in [0.5, 0.6) is 11.5 Å². The number of ether oxygens (including phenoxy) is 2. The van der Waals surface area contributed by atoms with Gasteiger partial charge in [-0.2, -0.15) is 0 Å². The van der Waals surface area contributed by atoms with E-state index in [4.69, 9.17) is 21.1 Å². The Hall–Kier alpha value is -3.03. The maximum absolute atomic E-state index is 13.6. The average molecular weight is 543 g/mol. The molecule has 2 amide bonds. The molecule has 0 N–H and O–H groups in total. The summed E-state index contributed by atoms with van der Waals surface area (Å²) in [5.74, 6) is 0.958. The molecular formula is C29H35ClN2O4S. The number of halogens is 1. The molecule has 0 radical (unpaired) electrons. The van der Waals surface area contributed by atoms with Crippen molar-refractivity contribution in [1.29, 1.82) is 0 Å². The van der Waals surface area contributed by atoms with Gasteiger partial charge in [0.2, 0.25) is 11.8 Å². The lowest BCUT2D eigenvalue weighted by molar-refractivity contribution is -0.140. The zero-order chi connectivity index (χ0) is 26.8. The number of rotatable bonds is 13. The van der Waals surface area contributed by atoms with Crippen molar-refractivity contribution in [2.45, 2.75) is 38.6 Å². The highest BCUT2D eigenvalue weighted by Crippen LogP contribution is 2.28. The summed E-state index contributed by atoms with van der Waals surface area (Å²) in [6, 6.07) is 17.1. The van der Waals surface area contributed by atoms with Crippen molar-refractivity contribution in [3.8, 4) is 11.5 Å². The largest absolute Gasteiger partial charge is 0.493 e. The van der Waals surface area contributed by atoms with Crippen molar-refractivity contribution in [3.05, 3.63) is 81.5 Å². The first kappa shape index (κ1) is 28.5. The van der Waals surface area contributed by atoms with Gasteiger partial charge in [-0.05, 0) is 60.0 Å². The Morgan fingerprint density at radius 2 is 1.70 bits per heavy atom. The Morgan fingerprint density at radius 3 is 2.32 bits per heavy atom. The molecule has 1 heterocycles. The molecule has 0 bridgehead atoms. The van der Waals surface area contributed by atoms with Crippen molar-refractivity contribution >= 4 is 34.8 Å². The first-order valence-electron chi connectivity index (χ1n) is 12.4. The highest BCUT2D eigenvalue weighted by molar-refractivity contribution is 7.10. The van der Waals surface area contributed by atoms with Crippen LogP contribution in [0.3, 0.4) is 0 Å². The van der Waals surface area contributed by atoms with Gasteiger partial charge in [-0.3, -0.25) is 9.59 Å². The SMILES string of the molecule is CCCN(CC(=O)N(CCc1ccc(OC)c(OC)c1)Cc1sccc1C)C(=O)C(Cl)c1ccccc1. The molecule has 0 aliphatic rings. The smallest absolute Gasteiger partial charge is 0.245 e. The van der Waals surface area contributed by atoms with E-state index < -0.39 is 5.38 Å². The fourth-order valence-corrected chi connectivity index (χ4v) is 5.26. The van der Waals surface area contributed by atoms with E-state index in [2.05, 4.69) is 6.07 Å². The summed E-state index contributed by atoms with van der Waals surface area (Å²) in [7, 11) is 3.21. The van der Waals surface area contributed by atoms with E-state index in [0.29, 0.717) is 37.6 Å². The maximum Gasteiger partial charge on any atom is 0.245 e. The van der Waals surface area contributed by atoms with Crippen molar-refractivity contribution < 1.29 is 19.1 Å². The van der Waals surface area contributed by atoms with Crippen molar-refractivity contribution in [1.82, 2.24) is 9.80 Å². The molecule has 0 saturated heterocycles. The molecule has 0 aliphatic carbocycles. The number of aryl methyl sites for hydroxylation is 1. The molecule has 1 aromatic heterocycles. The molecule has 2 aromatic carbocycles. The quantitative estimate of drug-likeness (QED) is 0.254. The number of methoxy groups -OCH3 is 2. The van der Waals surface area contributed by atoms with E-state index in [1.165, 1.54) is 0 Å². The number of hydrogen-bond acceptors (Lipinski definition) is 5. The van der Waals surface area contributed by atoms with Gasteiger partial charge in [0, 0.05) is 18.0 Å². The molecule has 37 heavy (non-hydrogen) atoms. The molecule has 3 aromatic rings. The number of carbonyl (C=O) groups is 2. The number of hydrogen-bond donors (Lipinski definition) is 0. The number of carbonyl (C=O) groups excluding carboxylic acids is 2. The van der Waals surface area contributed by atoms with Gasteiger partial charge >= 0.3 is 0 Å². The van der Waals surface area contributed by atoms with E-state index in [1.807, 2.05) is 72.7 Å². The zero-order valence-electron chi connectivity index (χ0n) is 21.9. The van der Waals surface area contributed by atoms with Crippen LogP contribution in [0.2, 0.25) is 0 Å². The van der Waals surface area contributed by atoms with Gasteiger partial charge in [-0.25, -0.2) is 0 Å². The summed E-state index contributed by atoms with van der Waals surface area (Å²) in [6.45, 7) is 5.48. The van der Waals surface area contributed by atoms with Crippen molar-refractivity contribution in [2.75, 3.05) is 33.9 Å². The van der Waals surface area contributed by atoms with Crippen LogP contribution < -0.4 is 9.47 Å². The highest BCUT2D eigenvalue weighted by Gasteiger charge is 2.27. The molecule has 1 atom stereocenters. The number of alkyl halides is 1. The first-order valence-corrected chi connectivity index (χ1v) is 13.7. The molecule has 6 nitrogen and oxygen atoms in total. The van der Waals surface area contributed by atoms with E-state index in [9.17, 15) is 9.59 Å². The van der Waals surface area contributed by atoms with Gasteiger partial charge < -0.3 is 19.3 Å². The summed E-state index contributed by atoms with van der Waals surface area (Å²) in [4.78, 5) is 31.4. The minimum absolute atomic E-state index is 0.0148. The molecule has 8 heteroatoms. The Kier molecular flexibility index (Phi) is 10.8. The summed E-state index contributed by atoms with van der Waals surface area (Å²) >= 11 is 8.18. The molecule has 0 saturated carbocycles. The number of thiophene rings is 1. The third kappa shape index (κ3) is 7.73. The maximum atomic E-state index is 13.6. The van der Waals surface area contributed by atoms with E-state index in [1.54, 1.807) is 30.5 Å². The lowest BCUT2D eigenvalue weighted by Gasteiger charge is -2.29. The van der Waals surface area contributed by atoms with Gasteiger partial charge in [0.05, 0.1) is 27.3 Å². The minimum atomic E-state index is -0.833. The van der Waals surface area contributed by atoms with Crippen LogP contribution in [0.4, 0.5) is 0 Å². The normalized spacial score (nSPS) is 11.6. The van der Waals surface area contributed by atoms with Gasteiger partial charge in [0.15, 0.2) is 11.5 Å². The van der Waals surface area contributed by atoms with Gasteiger partial charge in [0.25, 0.3) is 0 Å². The summed E-state index contributed by atoms with van der Waals surface area (Å²) < 4.78 is 10.8. The van der Waals surface area contributed by atoms with Crippen LogP contribution >= 0.6 is 22.9 Å². The van der Waals surface area contributed by atoms with Gasteiger partial charge in [-0.15, -0.1) is 22.9 Å². The third-order valence-electron chi connectivity index (χ3n) is 6.21. The Balaban J connectivity index is 1.77. The lowest BCUT2D eigenvalue weighted by atomic mass is 10.1. The molecular weight excluding hydrogens is 508 g/mol. The van der Waals surface area contributed by atoms with Crippen LogP contribution in [0.25, 0.3) is 0 Å². The highest BCUT2D eigenvalue weighted by atomic mass is 35.5. The Morgan fingerprint density at radius 1 is 0.973 bits per heavy atom. The minimum Gasteiger partial charge on any atom is -0.493 e.